The number of anilines is 1. The van der Waals surface area contributed by atoms with E-state index in [9.17, 15) is 9.59 Å². The number of aryl methyl sites for hydroxylation is 1. The molecule has 1 N–H and O–H groups in total. The van der Waals surface area contributed by atoms with Crippen LogP contribution in [0.5, 0.6) is 0 Å². The highest BCUT2D eigenvalue weighted by Crippen LogP contribution is 2.29. The average molecular weight is 300 g/mol. The third-order valence-electron chi connectivity index (χ3n) is 4.23. The number of hydrogen-bond donors (Lipinski definition) is 1. The number of carbonyl (C=O) groups is 2. The van der Waals surface area contributed by atoms with E-state index in [1.54, 1.807) is 17.1 Å². The maximum absolute atomic E-state index is 11.3. The van der Waals surface area contributed by atoms with Crippen LogP contribution in [0.3, 0.4) is 0 Å². The predicted molar refractivity (Wildman–Crippen MR) is 84.1 cm³/mol. The highest BCUT2D eigenvalue weighted by atomic mass is 16.1. The number of rotatable bonds is 6. The zero-order valence-electron chi connectivity index (χ0n) is 12.5. The summed E-state index contributed by atoms with van der Waals surface area (Å²) < 4.78 is 1.71. The molecule has 22 heavy (non-hydrogen) atoms. The molecule has 0 spiro atoms. The molecule has 0 atom stereocenters. The van der Waals surface area contributed by atoms with Gasteiger partial charge < -0.3 is 10.1 Å². The number of aldehydes is 2. The molecule has 2 aromatic heterocycles. The number of pyridine rings is 1. The van der Waals surface area contributed by atoms with Crippen molar-refractivity contribution in [1.82, 2.24) is 14.8 Å². The standard InChI is InChI=1S/C16H20N4O2/c21-8-4-7-20-16-14(10-18-20)15(12(11-22)9-17-16)19-13-5-2-1-3-6-13/h8-11,13H,1-7H2,(H,17,19). The highest BCUT2D eigenvalue weighted by molar-refractivity contribution is 5.98. The van der Waals surface area contributed by atoms with E-state index in [4.69, 9.17) is 0 Å². The fourth-order valence-corrected chi connectivity index (χ4v) is 3.08. The number of fused-ring (bicyclic) bond motifs is 1. The maximum atomic E-state index is 11.3. The Morgan fingerprint density at radius 1 is 1.23 bits per heavy atom. The van der Waals surface area contributed by atoms with Crippen LogP contribution in [-0.4, -0.2) is 33.4 Å². The molecule has 1 aliphatic carbocycles. The van der Waals surface area contributed by atoms with Gasteiger partial charge in [-0.1, -0.05) is 19.3 Å². The summed E-state index contributed by atoms with van der Waals surface area (Å²) in [6, 6.07) is 0.399. The van der Waals surface area contributed by atoms with E-state index in [0.29, 0.717) is 30.2 Å². The molecule has 2 heterocycles. The van der Waals surface area contributed by atoms with Crippen molar-refractivity contribution in [3.63, 3.8) is 0 Å². The molecule has 6 nitrogen and oxygen atoms in total. The molecule has 0 saturated heterocycles. The lowest BCUT2D eigenvalue weighted by molar-refractivity contribution is -0.108. The van der Waals surface area contributed by atoms with Crippen molar-refractivity contribution in [1.29, 1.82) is 0 Å². The summed E-state index contributed by atoms with van der Waals surface area (Å²) in [5.41, 5.74) is 2.10. The molecule has 116 valence electrons. The van der Waals surface area contributed by atoms with Crippen molar-refractivity contribution in [3.8, 4) is 0 Å². The van der Waals surface area contributed by atoms with Crippen molar-refractivity contribution in [3.05, 3.63) is 18.0 Å². The molecule has 0 amide bonds. The second-order valence-corrected chi connectivity index (χ2v) is 5.75. The first kappa shape index (κ1) is 14.7. The van der Waals surface area contributed by atoms with Crippen LogP contribution in [0.15, 0.2) is 12.4 Å². The van der Waals surface area contributed by atoms with E-state index >= 15 is 0 Å². The van der Waals surface area contributed by atoms with Crippen LogP contribution in [-0.2, 0) is 11.3 Å². The molecular weight excluding hydrogens is 280 g/mol. The molecule has 0 radical (unpaired) electrons. The molecule has 1 aliphatic rings. The van der Waals surface area contributed by atoms with Crippen molar-refractivity contribution < 1.29 is 9.59 Å². The maximum Gasteiger partial charge on any atom is 0.159 e. The van der Waals surface area contributed by atoms with Gasteiger partial charge in [-0.2, -0.15) is 5.10 Å². The lowest BCUT2D eigenvalue weighted by Crippen LogP contribution is -2.23. The molecule has 1 fully saturated rings. The number of carbonyl (C=O) groups excluding carboxylic acids is 2. The lowest BCUT2D eigenvalue weighted by Gasteiger charge is -2.24. The SMILES string of the molecule is O=CCCn1ncc2c(NC3CCCCC3)c(C=O)cnc21. The Morgan fingerprint density at radius 2 is 2.05 bits per heavy atom. The normalized spacial score (nSPS) is 15.8. The van der Waals surface area contributed by atoms with Crippen LogP contribution in [0.2, 0.25) is 0 Å². The molecule has 2 aromatic rings. The third-order valence-corrected chi connectivity index (χ3v) is 4.23. The lowest BCUT2D eigenvalue weighted by atomic mass is 9.95. The van der Waals surface area contributed by atoms with Gasteiger partial charge in [0, 0.05) is 25.2 Å². The van der Waals surface area contributed by atoms with Crippen molar-refractivity contribution in [2.45, 2.75) is 51.1 Å². The largest absolute Gasteiger partial charge is 0.381 e. The minimum Gasteiger partial charge on any atom is -0.381 e. The summed E-state index contributed by atoms with van der Waals surface area (Å²) in [6.45, 7) is 0.503. The Morgan fingerprint density at radius 3 is 2.77 bits per heavy atom. The molecule has 6 heteroatoms. The minimum atomic E-state index is 0.399. The average Bonchev–Trinajstić information content (AvgIpc) is 2.97. The quantitative estimate of drug-likeness (QED) is 0.830. The smallest absolute Gasteiger partial charge is 0.159 e. The summed E-state index contributed by atoms with van der Waals surface area (Å²) in [5, 5.41) is 8.67. The molecular formula is C16H20N4O2. The van der Waals surface area contributed by atoms with Crippen LogP contribution in [0.25, 0.3) is 11.0 Å². The Hall–Kier alpha value is -2.24. The molecule has 0 aromatic carbocycles. The van der Waals surface area contributed by atoms with Crippen molar-refractivity contribution in [2.75, 3.05) is 5.32 Å². The summed E-state index contributed by atoms with van der Waals surface area (Å²) in [6.07, 6.45) is 11.4. The fourth-order valence-electron chi connectivity index (χ4n) is 3.08. The first-order valence-corrected chi connectivity index (χ1v) is 7.83. The van der Waals surface area contributed by atoms with Crippen LogP contribution in [0.4, 0.5) is 5.69 Å². The predicted octanol–water partition coefficient (Wildman–Crippen LogP) is 2.58. The van der Waals surface area contributed by atoms with E-state index in [2.05, 4.69) is 15.4 Å². The van der Waals surface area contributed by atoms with E-state index in [1.165, 1.54) is 19.3 Å². The number of hydrogen-bond acceptors (Lipinski definition) is 5. The van der Waals surface area contributed by atoms with Gasteiger partial charge in [0.1, 0.15) is 6.29 Å². The number of nitrogens with one attached hydrogen (secondary N) is 1. The van der Waals surface area contributed by atoms with Crippen LogP contribution >= 0.6 is 0 Å². The first-order chi connectivity index (χ1) is 10.8. The minimum absolute atomic E-state index is 0.399. The summed E-state index contributed by atoms with van der Waals surface area (Å²) in [4.78, 5) is 26.2. The Balaban J connectivity index is 1.96. The van der Waals surface area contributed by atoms with E-state index in [1.807, 2.05) is 0 Å². The molecule has 1 saturated carbocycles. The van der Waals surface area contributed by atoms with Crippen LogP contribution < -0.4 is 5.32 Å². The number of aromatic nitrogens is 3. The van der Waals surface area contributed by atoms with Crippen LogP contribution in [0.1, 0.15) is 48.9 Å². The Labute approximate surface area is 128 Å². The molecule has 0 bridgehead atoms. The second kappa shape index (κ2) is 6.68. The van der Waals surface area contributed by atoms with E-state index < -0.39 is 0 Å². The van der Waals surface area contributed by atoms with Gasteiger partial charge in [-0.15, -0.1) is 0 Å². The first-order valence-electron chi connectivity index (χ1n) is 7.83. The van der Waals surface area contributed by atoms with Gasteiger partial charge in [-0.05, 0) is 12.8 Å². The van der Waals surface area contributed by atoms with Crippen molar-refractivity contribution >= 4 is 29.3 Å². The van der Waals surface area contributed by atoms with Gasteiger partial charge in [0.05, 0.1) is 22.8 Å². The number of nitrogens with zero attached hydrogens (tertiary/aromatic N) is 3. The van der Waals surface area contributed by atoms with Crippen molar-refractivity contribution in [2.24, 2.45) is 0 Å². The van der Waals surface area contributed by atoms with Gasteiger partial charge in [0.2, 0.25) is 0 Å². The van der Waals surface area contributed by atoms with Gasteiger partial charge in [-0.25, -0.2) is 9.67 Å². The zero-order chi connectivity index (χ0) is 15.4. The van der Waals surface area contributed by atoms with Gasteiger partial charge in [0.15, 0.2) is 11.9 Å². The van der Waals surface area contributed by atoms with Gasteiger partial charge in [-0.3, -0.25) is 4.79 Å². The summed E-state index contributed by atoms with van der Waals surface area (Å²) in [7, 11) is 0. The fraction of sp³-hybridized carbons (Fsp3) is 0.500. The molecule has 3 rings (SSSR count). The Bertz CT molecular complexity index is 674. The van der Waals surface area contributed by atoms with Gasteiger partial charge >= 0.3 is 0 Å². The van der Waals surface area contributed by atoms with E-state index in [-0.39, 0.29) is 0 Å². The topological polar surface area (TPSA) is 76.9 Å². The monoisotopic (exact) mass is 300 g/mol. The van der Waals surface area contributed by atoms with E-state index in [0.717, 1.165) is 36.5 Å². The second-order valence-electron chi connectivity index (χ2n) is 5.75. The third kappa shape index (κ3) is 2.86. The molecule has 0 aliphatic heterocycles. The summed E-state index contributed by atoms with van der Waals surface area (Å²) in [5.74, 6) is 0. The Kier molecular flexibility index (Phi) is 4.46. The van der Waals surface area contributed by atoms with Gasteiger partial charge in [0.25, 0.3) is 0 Å². The summed E-state index contributed by atoms with van der Waals surface area (Å²) >= 11 is 0. The van der Waals surface area contributed by atoms with Crippen LogP contribution in [0, 0.1) is 0 Å². The zero-order valence-corrected chi connectivity index (χ0v) is 12.5. The molecule has 0 unspecified atom stereocenters. The highest BCUT2D eigenvalue weighted by Gasteiger charge is 2.18.